The number of fused-ring (bicyclic) bond motifs is 10. The molecule has 6 nitrogen and oxygen atoms in total. The number of benzene rings is 7. The molecule has 4 aromatic heterocycles. The van der Waals surface area contributed by atoms with Gasteiger partial charge in [0, 0.05) is 56.3 Å². The number of imidazole rings is 2. The van der Waals surface area contributed by atoms with Crippen molar-refractivity contribution in [2.75, 3.05) is 0 Å². The topological polar surface area (TPSA) is 68.7 Å². The quantitative estimate of drug-likeness (QED) is 0.0294. The zero-order valence-electron chi connectivity index (χ0n) is 42.7. The van der Waals surface area contributed by atoms with Crippen LogP contribution >= 0.6 is 0 Å². The first kappa shape index (κ1) is 47.6. The first-order chi connectivity index (χ1) is 35.6. The van der Waals surface area contributed by atoms with Crippen LogP contribution in [0.4, 0.5) is 0 Å². The summed E-state index contributed by atoms with van der Waals surface area (Å²) < 4.78 is 3.58. The Morgan fingerprint density at radius 3 is 1.03 bits per heavy atom. The summed E-state index contributed by atoms with van der Waals surface area (Å²) in [7, 11) is 0. The molecule has 0 saturated carbocycles. The third kappa shape index (κ3) is 8.97. The minimum absolute atomic E-state index is 0.0752. The van der Waals surface area contributed by atoms with Crippen molar-refractivity contribution >= 4 is 98.0 Å². The Morgan fingerprint density at radius 2 is 0.667 bits per heavy atom. The Morgan fingerprint density at radius 1 is 0.361 bits per heavy atom. The second-order valence-electron chi connectivity index (χ2n) is 20.9. The molecule has 0 unspecified atom stereocenters. The van der Waals surface area contributed by atoms with Gasteiger partial charge in [-0.2, -0.15) is 0 Å². The molecule has 11 rings (SSSR count). The number of aromatic nitrogens is 4. The van der Waals surface area contributed by atoms with Crippen molar-refractivity contribution in [2.24, 2.45) is 0 Å². The molecule has 364 valence electrons. The van der Waals surface area contributed by atoms with Gasteiger partial charge in [0.15, 0.2) is 0 Å². The predicted molar refractivity (Wildman–Crippen MR) is 306 cm³/mol. The summed E-state index contributed by atoms with van der Waals surface area (Å²) in [4.78, 5) is 39.6. The maximum Gasteiger partial charge on any atom is 0.264 e. The third-order valence-electron chi connectivity index (χ3n) is 15.8. The Bertz CT molecular complexity index is 3710. The van der Waals surface area contributed by atoms with Gasteiger partial charge < -0.3 is 0 Å². The minimum atomic E-state index is -0.0752. The first-order valence-electron chi connectivity index (χ1n) is 27.9. The average Bonchev–Trinajstić information content (AvgIpc) is 3.99. The van der Waals surface area contributed by atoms with Gasteiger partial charge in [-0.25, -0.2) is 9.97 Å². The zero-order valence-corrected chi connectivity index (χ0v) is 42.7. The largest absolute Gasteiger partial charge is 0.268 e. The highest BCUT2D eigenvalue weighted by Gasteiger charge is 2.24. The van der Waals surface area contributed by atoms with Crippen molar-refractivity contribution in [1.29, 1.82) is 0 Å². The predicted octanol–water partition coefficient (Wildman–Crippen LogP) is 17.3. The minimum Gasteiger partial charge on any atom is -0.268 e. The van der Waals surface area contributed by atoms with Crippen LogP contribution in [-0.2, 0) is 0 Å². The van der Waals surface area contributed by atoms with Crippen LogP contribution < -0.4 is 11.1 Å². The molecule has 11 aromatic rings. The summed E-state index contributed by atoms with van der Waals surface area (Å²) in [5.41, 5.74) is 6.13. The molecule has 72 heavy (non-hydrogen) atoms. The summed E-state index contributed by atoms with van der Waals surface area (Å²) in [6.45, 7) is 4.55. The molecule has 4 heterocycles. The van der Waals surface area contributed by atoms with E-state index >= 15 is 0 Å². The highest BCUT2D eigenvalue weighted by Crippen LogP contribution is 2.46. The maximum atomic E-state index is 14.7. The van der Waals surface area contributed by atoms with Crippen LogP contribution in [0.2, 0.25) is 0 Å². The van der Waals surface area contributed by atoms with Crippen molar-refractivity contribution in [3.05, 3.63) is 117 Å². The summed E-state index contributed by atoms with van der Waals surface area (Å²) in [6, 6.07) is 29.0. The Labute approximate surface area is 423 Å². The van der Waals surface area contributed by atoms with Gasteiger partial charge in [0.25, 0.3) is 11.1 Å². The molecule has 0 amide bonds. The molecule has 0 radical (unpaired) electrons. The average molecular weight is 949 g/mol. The van der Waals surface area contributed by atoms with E-state index in [0.717, 1.165) is 113 Å². The van der Waals surface area contributed by atoms with E-state index in [1.165, 1.54) is 128 Å². The molecule has 6 heteroatoms. The van der Waals surface area contributed by atoms with E-state index in [1.807, 2.05) is 48.5 Å². The van der Waals surface area contributed by atoms with Crippen LogP contribution in [0, 0.1) is 23.7 Å². The monoisotopic (exact) mass is 949 g/mol. The molecule has 0 aliphatic carbocycles. The van der Waals surface area contributed by atoms with E-state index in [4.69, 9.17) is 9.97 Å². The lowest BCUT2D eigenvalue weighted by Gasteiger charge is -2.18. The van der Waals surface area contributed by atoms with E-state index in [9.17, 15) is 9.59 Å². The van der Waals surface area contributed by atoms with Crippen molar-refractivity contribution in [1.82, 2.24) is 18.8 Å². The first-order valence-corrected chi connectivity index (χ1v) is 27.9. The van der Waals surface area contributed by atoms with Crippen LogP contribution in [0.5, 0.6) is 0 Å². The number of rotatable bonds is 22. The third-order valence-corrected chi connectivity index (χ3v) is 15.8. The standard InChI is InChI=1S/C66H68N4O2/c1-3-5-7-9-11-13-15-17-19-21-23-25-27-29-45-31-41-55-57(43-45)69-63(67-55)51-37-33-47-50-36-40-54-62-52(38-34-48(60(50)62)49-35-39-53(65(69)71)61(51)59(47)49)64-68-56-42-32-46(44-58(56)70(64)66(54)72)30-28-26-24-22-20-18-16-14-12-10-8-6-4-2/h31-44H,3-26H2,1-2H3. The van der Waals surface area contributed by atoms with Gasteiger partial charge in [-0.15, -0.1) is 0 Å². The molecular weight excluding hydrogens is 881 g/mol. The molecule has 0 saturated heterocycles. The summed E-state index contributed by atoms with van der Waals surface area (Å²) in [5.74, 6) is 13.6. The molecule has 0 N–H and O–H groups in total. The molecule has 0 bridgehead atoms. The second kappa shape index (κ2) is 21.5. The normalized spacial score (nSPS) is 12.1. The van der Waals surface area contributed by atoms with Gasteiger partial charge >= 0.3 is 0 Å². The molecule has 0 fully saturated rings. The number of hydrogen-bond acceptors (Lipinski definition) is 4. The highest BCUT2D eigenvalue weighted by molar-refractivity contribution is 6.40. The van der Waals surface area contributed by atoms with E-state index in [0.29, 0.717) is 22.1 Å². The van der Waals surface area contributed by atoms with Gasteiger partial charge in [0.05, 0.1) is 22.1 Å². The number of pyridine rings is 2. The lowest BCUT2D eigenvalue weighted by Crippen LogP contribution is -2.14. The van der Waals surface area contributed by atoms with E-state index in [-0.39, 0.29) is 11.1 Å². The fourth-order valence-corrected chi connectivity index (χ4v) is 12.0. The number of hydrogen-bond donors (Lipinski definition) is 0. The van der Waals surface area contributed by atoms with Gasteiger partial charge in [0.1, 0.15) is 11.3 Å². The number of unbranched alkanes of at least 4 members (excludes halogenated alkanes) is 22. The van der Waals surface area contributed by atoms with Crippen LogP contribution in [0.3, 0.4) is 0 Å². The molecule has 0 atom stereocenters. The molecule has 0 aliphatic rings. The van der Waals surface area contributed by atoms with Crippen molar-refractivity contribution < 1.29 is 0 Å². The van der Waals surface area contributed by atoms with E-state index in [1.54, 1.807) is 8.80 Å². The number of nitrogens with zero attached hydrogens (tertiary/aromatic N) is 4. The van der Waals surface area contributed by atoms with E-state index < -0.39 is 0 Å². The summed E-state index contributed by atoms with van der Waals surface area (Å²) in [6.07, 6.45) is 30.8. The molecular formula is C66H68N4O2. The molecule has 7 aromatic carbocycles. The fraction of sp³-hybridized carbons (Fsp3) is 0.394. The van der Waals surface area contributed by atoms with Gasteiger partial charge in [-0.05, 0) is 106 Å². The smallest absolute Gasteiger partial charge is 0.264 e. The lowest BCUT2D eigenvalue weighted by molar-refractivity contribution is 0.551. The fourth-order valence-electron chi connectivity index (χ4n) is 12.0. The maximum absolute atomic E-state index is 14.7. The van der Waals surface area contributed by atoms with Gasteiger partial charge in [-0.1, -0.05) is 190 Å². The summed E-state index contributed by atoms with van der Waals surface area (Å²) in [5, 5.41) is 11.4. The molecule has 0 aliphatic heterocycles. The summed E-state index contributed by atoms with van der Waals surface area (Å²) >= 11 is 0. The highest BCUT2D eigenvalue weighted by atomic mass is 16.1. The van der Waals surface area contributed by atoms with Gasteiger partial charge in [-0.3, -0.25) is 18.4 Å². The van der Waals surface area contributed by atoms with Crippen LogP contribution in [0.15, 0.2) is 94.5 Å². The van der Waals surface area contributed by atoms with Crippen LogP contribution in [0.25, 0.3) is 98.0 Å². The van der Waals surface area contributed by atoms with Crippen molar-refractivity contribution in [2.45, 2.75) is 168 Å². The lowest BCUT2D eigenvalue weighted by atomic mass is 9.86. The van der Waals surface area contributed by atoms with Crippen LogP contribution in [0.1, 0.15) is 179 Å². The SMILES string of the molecule is CCCCCCCCCCCCCC#Cc1ccc2nc3c4ccc5c6ccc7c(=O)n8c9cc(C#CCCCCCCCCCCCCC)ccc9nc8c8ccc(c9ccc(c(=O)n3c2c1)c4c95)c6c78. The molecule has 0 spiro atoms. The Kier molecular flexibility index (Phi) is 14.2. The Balaban J connectivity index is 0.857. The second-order valence-corrected chi connectivity index (χ2v) is 20.9. The Hall–Kier alpha value is -6.76. The van der Waals surface area contributed by atoms with Crippen molar-refractivity contribution in [3.63, 3.8) is 0 Å². The van der Waals surface area contributed by atoms with Crippen molar-refractivity contribution in [3.8, 4) is 23.7 Å². The zero-order chi connectivity index (χ0) is 49.0. The van der Waals surface area contributed by atoms with E-state index in [2.05, 4.69) is 73.9 Å². The van der Waals surface area contributed by atoms with Gasteiger partial charge in [0.2, 0.25) is 0 Å². The van der Waals surface area contributed by atoms with Crippen LogP contribution in [-0.4, -0.2) is 18.8 Å².